The molecule has 2 rings (SSSR count). The number of hydrogen-bond acceptors (Lipinski definition) is 12. The van der Waals surface area contributed by atoms with Gasteiger partial charge in [-0.15, -0.1) is 0 Å². The molecule has 0 aliphatic heterocycles. The number of hydrogen-bond donors (Lipinski definition) is 6. The van der Waals surface area contributed by atoms with Gasteiger partial charge in [-0.1, -0.05) is 67.2 Å². The van der Waals surface area contributed by atoms with Gasteiger partial charge in [-0.05, 0) is 63.1 Å². The van der Waals surface area contributed by atoms with Crippen molar-refractivity contribution in [3.63, 3.8) is 0 Å². The minimum Gasteiger partial charge on any atom is -0.490 e. The average Bonchev–Trinajstić information content (AvgIpc) is 3.17. The summed E-state index contributed by atoms with van der Waals surface area (Å²) >= 11 is 0. The number of unbranched alkanes of at least 4 members (excludes halogenated alkanes) is 4. The maximum atomic E-state index is 11.6. The third-order valence-electron chi connectivity index (χ3n) is 7.99. The van der Waals surface area contributed by atoms with Crippen LogP contribution in [0.5, 0.6) is 11.5 Å². The first kappa shape index (κ1) is 53.8. The standard InChI is InChI=1S/2C20H33NO4.C4H4O4/c2*1-5-6-7-10-24-13-18-11-17(16(4)22)8-9-20(18)25-14-19(23)12-21-15(2)3;5-3(6)1-2-4(7)8/h2*8-9,11,15,19,21,23H,5-7,10,12-14H2,1-4H3;1-2H,(H,5,6)(H,7,8)/b;;2-1+. The predicted molar refractivity (Wildman–Crippen MR) is 225 cm³/mol. The fourth-order valence-electron chi connectivity index (χ4n) is 4.75. The van der Waals surface area contributed by atoms with Gasteiger partial charge in [0.2, 0.25) is 0 Å². The average molecular weight is 819 g/mol. The van der Waals surface area contributed by atoms with Gasteiger partial charge in [-0.25, -0.2) is 9.59 Å². The number of benzene rings is 2. The molecule has 6 N–H and O–H groups in total. The molecule has 328 valence electrons. The molecule has 0 fully saturated rings. The lowest BCUT2D eigenvalue weighted by Gasteiger charge is -2.17. The van der Waals surface area contributed by atoms with Gasteiger partial charge >= 0.3 is 11.9 Å². The summed E-state index contributed by atoms with van der Waals surface area (Å²) in [6.07, 6.45) is 6.58. The van der Waals surface area contributed by atoms with Crippen LogP contribution in [0.25, 0.3) is 0 Å². The van der Waals surface area contributed by atoms with E-state index in [-0.39, 0.29) is 24.8 Å². The first-order valence-corrected chi connectivity index (χ1v) is 20.2. The van der Waals surface area contributed by atoms with E-state index in [9.17, 15) is 29.4 Å². The summed E-state index contributed by atoms with van der Waals surface area (Å²) in [5.74, 6) is -1.17. The van der Waals surface area contributed by atoms with E-state index in [1.54, 1.807) is 38.1 Å². The first-order valence-electron chi connectivity index (χ1n) is 20.2. The van der Waals surface area contributed by atoms with Crippen molar-refractivity contribution in [1.82, 2.24) is 10.6 Å². The number of carboxylic acids is 2. The van der Waals surface area contributed by atoms with Crippen LogP contribution in [0.15, 0.2) is 48.6 Å². The largest absolute Gasteiger partial charge is 0.490 e. The highest BCUT2D eigenvalue weighted by molar-refractivity contribution is 5.95. The van der Waals surface area contributed by atoms with Crippen molar-refractivity contribution < 1.29 is 58.6 Å². The second-order valence-corrected chi connectivity index (χ2v) is 14.3. The highest BCUT2D eigenvalue weighted by atomic mass is 16.5. The van der Waals surface area contributed by atoms with Crippen molar-refractivity contribution in [2.45, 2.75) is 131 Å². The van der Waals surface area contributed by atoms with Gasteiger partial charge in [0, 0.05) is 72.8 Å². The number of rotatable bonds is 28. The van der Waals surface area contributed by atoms with Gasteiger partial charge in [0.05, 0.1) is 13.2 Å². The molecule has 2 aromatic carbocycles. The lowest BCUT2D eigenvalue weighted by molar-refractivity contribution is -0.134. The molecule has 0 spiro atoms. The molecule has 14 nitrogen and oxygen atoms in total. The molecular weight excluding hydrogens is 748 g/mol. The third-order valence-corrected chi connectivity index (χ3v) is 7.99. The van der Waals surface area contributed by atoms with Crippen molar-refractivity contribution >= 4 is 23.5 Å². The molecule has 0 radical (unpaired) electrons. The quantitative estimate of drug-likeness (QED) is 0.0313. The summed E-state index contributed by atoms with van der Waals surface area (Å²) in [7, 11) is 0. The van der Waals surface area contributed by atoms with Crippen LogP contribution in [0.4, 0.5) is 0 Å². The Hall–Kier alpha value is -4.18. The highest BCUT2D eigenvalue weighted by Gasteiger charge is 2.13. The monoisotopic (exact) mass is 818 g/mol. The molecule has 0 aliphatic rings. The Morgan fingerprint density at radius 2 is 0.983 bits per heavy atom. The fraction of sp³-hybridized carbons (Fsp3) is 0.591. The van der Waals surface area contributed by atoms with E-state index in [0.29, 0.717) is 86.4 Å². The SMILES string of the molecule is CCCCCOCc1cc(C(C)=O)ccc1OCC(O)CNC(C)C.CCCCCOCc1cc(C(C)=O)ccc1OCC(O)CNC(C)C.O=C(O)/C=C/C(=O)O. The molecule has 2 unspecified atom stereocenters. The van der Waals surface area contributed by atoms with Gasteiger partial charge < -0.3 is 50.0 Å². The molecule has 2 aromatic rings. The number of aliphatic carboxylic acids is 2. The van der Waals surface area contributed by atoms with Crippen molar-refractivity contribution in [2.75, 3.05) is 39.5 Å². The molecule has 0 aliphatic carbocycles. The molecule has 0 heterocycles. The number of carboxylic acid groups (broad SMARTS) is 2. The number of aliphatic hydroxyl groups excluding tert-OH is 2. The fourth-order valence-corrected chi connectivity index (χ4v) is 4.75. The number of ketones is 2. The molecule has 0 amide bonds. The van der Waals surface area contributed by atoms with Crippen LogP contribution >= 0.6 is 0 Å². The minimum atomic E-state index is -1.26. The topological polar surface area (TPSA) is 210 Å². The van der Waals surface area contributed by atoms with E-state index in [0.717, 1.165) is 49.7 Å². The molecule has 58 heavy (non-hydrogen) atoms. The van der Waals surface area contributed by atoms with Gasteiger partial charge in [0.15, 0.2) is 11.6 Å². The van der Waals surface area contributed by atoms with Crippen LogP contribution in [0.2, 0.25) is 0 Å². The van der Waals surface area contributed by atoms with Crippen LogP contribution in [0.3, 0.4) is 0 Å². The van der Waals surface area contributed by atoms with E-state index >= 15 is 0 Å². The van der Waals surface area contributed by atoms with E-state index in [1.165, 1.54) is 0 Å². The van der Waals surface area contributed by atoms with Gasteiger partial charge in [-0.2, -0.15) is 0 Å². The lowest BCUT2D eigenvalue weighted by atomic mass is 10.1. The van der Waals surface area contributed by atoms with Crippen LogP contribution in [-0.4, -0.2) is 108 Å². The molecule has 0 bridgehead atoms. The summed E-state index contributed by atoms with van der Waals surface area (Å²) in [6, 6.07) is 11.3. The first-order chi connectivity index (χ1) is 27.5. The maximum absolute atomic E-state index is 11.6. The Balaban J connectivity index is 0.000000943. The Morgan fingerprint density at radius 3 is 1.28 bits per heavy atom. The predicted octanol–water partition coefficient (Wildman–Crippen LogP) is 6.38. The summed E-state index contributed by atoms with van der Waals surface area (Å²) < 4.78 is 23.0. The van der Waals surface area contributed by atoms with Gasteiger partial charge in [-0.3, -0.25) is 9.59 Å². The number of carbonyl (C=O) groups excluding carboxylic acids is 2. The van der Waals surface area contributed by atoms with E-state index < -0.39 is 24.1 Å². The zero-order valence-electron chi connectivity index (χ0n) is 35.9. The van der Waals surface area contributed by atoms with Crippen molar-refractivity contribution in [2.24, 2.45) is 0 Å². The number of carbonyl (C=O) groups is 4. The summed E-state index contributed by atoms with van der Waals surface area (Å²) in [5.41, 5.74) is 2.96. The molecule has 0 saturated heterocycles. The van der Waals surface area contributed by atoms with E-state index in [2.05, 4.69) is 24.5 Å². The number of nitrogens with one attached hydrogen (secondary N) is 2. The zero-order valence-corrected chi connectivity index (χ0v) is 35.9. The second kappa shape index (κ2) is 32.7. The summed E-state index contributed by atoms with van der Waals surface area (Å²) in [6.45, 7) is 19.1. The van der Waals surface area contributed by atoms with Crippen molar-refractivity contribution in [1.29, 1.82) is 0 Å². The van der Waals surface area contributed by atoms with Crippen LogP contribution < -0.4 is 20.1 Å². The maximum Gasteiger partial charge on any atom is 0.328 e. The molecule has 0 aromatic heterocycles. The molecule has 0 saturated carbocycles. The van der Waals surface area contributed by atoms with E-state index in [1.807, 2.05) is 39.8 Å². The van der Waals surface area contributed by atoms with Crippen LogP contribution in [0, 0.1) is 0 Å². The Morgan fingerprint density at radius 1 is 0.621 bits per heavy atom. The minimum absolute atomic E-state index is 0.0138. The number of ether oxygens (including phenoxy) is 4. The van der Waals surface area contributed by atoms with Crippen LogP contribution in [0.1, 0.15) is 126 Å². The highest BCUT2D eigenvalue weighted by Crippen LogP contribution is 2.23. The lowest BCUT2D eigenvalue weighted by Crippen LogP contribution is -2.35. The van der Waals surface area contributed by atoms with Crippen molar-refractivity contribution in [3.8, 4) is 11.5 Å². The normalized spacial score (nSPS) is 12.0. The Bertz CT molecular complexity index is 1390. The smallest absolute Gasteiger partial charge is 0.328 e. The van der Waals surface area contributed by atoms with Gasteiger partial charge in [0.25, 0.3) is 0 Å². The zero-order chi connectivity index (χ0) is 43.9. The third kappa shape index (κ3) is 28.3. The Kier molecular flexibility index (Phi) is 30.4. The molecular formula is C44H70N2O12. The summed E-state index contributed by atoms with van der Waals surface area (Å²) in [5, 5.41) is 42.0. The van der Waals surface area contributed by atoms with E-state index in [4.69, 9.17) is 29.2 Å². The summed E-state index contributed by atoms with van der Waals surface area (Å²) in [4.78, 5) is 42.3. The van der Waals surface area contributed by atoms with Crippen molar-refractivity contribution in [3.05, 3.63) is 70.8 Å². The molecule has 2 atom stereocenters. The molecule has 14 heteroatoms. The Labute approximate surface area is 345 Å². The number of Topliss-reactive ketones (excluding diaryl/α,β-unsaturated/α-hetero) is 2. The van der Waals surface area contributed by atoms with Gasteiger partial charge in [0.1, 0.15) is 36.9 Å². The second-order valence-electron chi connectivity index (χ2n) is 14.3. The number of aliphatic hydroxyl groups is 2. The van der Waals surface area contributed by atoms with Crippen LogP contribution in [-0.2, 0) is 32.3 Å².